The third kappa shape index (κ3) is 2.44. The van der Waals surface area contributed by atoms with Crippen molar-refractivity contribution in [3.8, 4) is 5.75 Å². The van der Waals surface area contributed by atoms with E-state index >= 15 is 0 Å². The molecule has 2 heteroatoms. The minimum atomic E-state index is 0.0979. The van der Waals surface area contributed by atoms with E-state index in [1.165, 1.54) is 22.3 Å². The van der Waals surface area contributed by atoms with Crippen LogP contribution in [-0.4, -0.2) is 12.6 Å². The topological polar surface area (TPSA) is 35.2 Å². The Morgan fingerprint density at radius 1 is 1.15 bits per heavy atom. The number of para-hydroxylation sites is 1. The predicted octanol–water partition coefficient (Wildman–Crippen LogP) is 3.35. The van der Waals surface area contributed by atoms with Gasteiger partial charge in [-0.1, -0.05) is 36.4 Å². The molecular weight excluding hydrogens is 246 g/mol. The minimum Gasteiger partial charge on any atom is -0.493 e. The molecule has 0 saturated carbocycles. The summed E-state index contributed by atoms with van der Waals surface area (Å²) in [5, 5.41) is 0. The van der Waals surface area contributed by atoms with Crippen molar-refractivity contribution >= 4 is 0 Å². The van der Waals surface area contributed by atoms with Crippen molar-refractivity contribution in [3.05, 3.63) is 64.7 Å². The first-order chi connectivity index (χ1) is 9.65. The summed E-state index contributed by atoms with van der Waals surface area (Å²) in [5.74, 6) is 1.29. The van der Waals surface area contributed by atoms with E-state index in [1.807, 2.05) is 12.1 Å². The first-order valence-electron chi connectivity index (χ1n) is 7.18. The van der Waals surface area contributed by atoms with Gasteiger partial charge in [-0.25, -0.2) is 0 Å². The summed E-state index contributed by atoms with van der Waals surface area (Å²) in [5.41, 5.74) is 11.7. The number of hydrogen-bond donors (Lipinski definition) is 1. The lowest BCUT2D eigenvalue weighted by Gasteiger charge is -2.19. The van der Waals surface area contributed by atoms with Crippen molar-refractivity contribution in [2.45, 2.75) is 32.2 Å². The van der Waals surface area contributed by atoms with Gasteiger partial charge in [-0.2, -0.15) is 0 Å². The van der Waals surface area contributed by atoms with Gasteiger partial charge in [0.25, 0.3) is 0 Å². The van der Waals surface area contributed by atoms with Crippen LogP contribution in [0.2, 0.25) is 0 Å². The van der Waals surface area contributed by atoms with Gasteiger partial charge in [0.1, 0.15) is 5.75 Å². The molecular formula is C18H21NO. The molecule has 0 fully saturated rings. The minimum absolute atomic E-state index is 0.0979. The van der Waals surface area contributed by atoms with Crippen LogP contribution in [0.5, 0.6) is 5.75 Å². The molecule has 0 aromatic heterocycles. The third-order valence-electron chi connectivity index (χ3n) is 4.30. The second-order valence-electron chi connectivity index (χ2n) is 5.74. The Morgan fingerprint density at radius 2 is 1.95 bits per heavy atom. The van der Waals surface area contributed by atoms with Gasteiger partial charge in [0.15, 0.2) is 0 Å². The van der Waals surface area contributed by atoms with Crippen molar-refractivity contribution in [3.63, 3.8) is 0 Å². The molecule has 104 valence electrons. The van der Waals surface area contributed by atoms with Crippen LogP contribution >= 0.6 is 0 Å². The Labute approximate surface area is 120 Å². The first kappa shape index (κ1) is 13.2. The Bertz CT molecular complexity index is 621. The molecule has 3 rings (SSSR count). The monoisotopic (exact) mass is 267 g/mol. The SMILES string of the molecule is Cc1ccc(CC(N)C2COc3ccccc32)cc1C. The maximum absolute atomic E-state index is 6.43. The fraction of sp³-hybridized carbons (Fsp3) is 0.333. The van der Waals surface area contributed by atoms with Crippen LogP contribution in [0.3, 0.4) is 0 Å². The molecule has 2 nitrogen and oxygen atoms in total. The summed E-state index contributed by atoms with van der Waals surface area (Å²) in [6.45, 7) is 4.99. The van der Waals surface area contributed by atoms with Crippen LogP contribution in [0, 0.1) is 13.8 Å². The van der Waals surface area contributed by atoms with Crippen LogP contribution in [0.15, 0.2) is 42.5 Å². The Kier molecular flexibility index (Phi) is 3.49. The summed E-state index contributed by atoms with van der Waals surface area (Å²) in [6, 6.07) is 14.9. The first-order valence-corrected chi connectivity index (χ1v) is 7.18. The van der Waals surface area contributed by atoms with Gasteiger partial charge in [0, 0.05) is 17.5 Å². The normalized spacial score (nSPS) is 18.4. The van der Waals surface area contributed by atoms with Crippen molar-refractivity contribution in [2.24, 2.45) is 5.73 Å². The quantitative estimate of drug-likeness (QED) is 0.925. The molecule has 1 aliphatic heterocycles. The number of nitrogens with two attached hydrogens (primary N) is 1. The third-order valence-corrected chi connectivity index (χ3v) is 4.30. The lowest BCUT2D eigenvalue weighted by molar-refractivity contribution is 0.313. The summed E-state index contributed by atoms with van der Waals surface area (Å²) >= 11 is 0. The van der Waals surface area contributed by atoms with Gasteiger partial charge in [0.2, 0.25) is 0 Å². The van der Waals surface area contributed by atoms with Crippen molar-refractivity contribution in [1.29, 1.82) is 0 Å². The van der Waals surface area contributed by atoms with Gasteiger partial charge in [-0.05, 0) is 43.0 Å². The maximum atomic E-state index is 6.43. The highest BCUT2D eigenvalue weighted by Gasteiger charge is 2.28. The molecule has 0 aliphatic carbocycles. The zero-order chi connectivity index (χ0) is 14.1. The lowest BCUT2D eigenvalue weighted by atomic mass is 9.89. The molecule has 2 atom stereocenters. The van der Waals surface area contributed by atoms with E-state index in [4.69, 9.17) is 10.5 Å². The van der Waals surface area contributed by atoms with E-state index < -0.39 is 0 Å². The lowest BCUT2D eigenvalue weighted by Crippen LogP contribution is -2.31. The molecule has 1 heterocycles. The van der Waals surface area contributed by atoms with Crippen LogP contribution in [-0.2, 0) is 6.42 Å². The van der Waals surface area contributed by atoms with E-state index in [9.17, 15) is 0 Å². The highest BCUT2D eigenvalue weighted by atomic mass is 16.5. The number of ether oxygens (including phenoxy) is 1. The highest BCUT2D eigenvalue weighted by Crippen LogP contribution is 2.35. The predicted molar refractivity (Wildman–Crippen MR) is 82.3 cm³/mol. The van der Waals surface area contributed by atoms with Gasteiger partial charge in [0.05, 0.1) is 6.61 Å². The maximum Gasteiger partial charge on any atom is 0.122 e. The number of fused-ring (bicyclic) bond motifs is 1. The van der Waals surface area contributed by atoms with E-state index in [2.05, 4.69) is 44.2 Å². The summed E-state index contributed by atoms with van der Waals surface area (Å²) < 4.78 is 5.73. The molecule has 2 unspecified atom stereocenters. The molecule has 0 amide bonds. The molecule has 0 radical (unpaired) electrons. The number of aryl methyl sites for hydroxylation is 2. The van der Waals surface area contributed by atoms with Gasteiger partial charge in [-0.15, -0.1) is 0 Å². The van der Waals surface area contributed by atoms with Gasteiger partial charge < -0.3 is 10.5 Å². The molecule has 0 bridgehead atoms. The standard InChI is InChI=1S/C18H21NO/c1-12-7-8-14(9-13(12)2)10-17(19)16-11-20-18-6-4-3-5-15(16)18/h3-9,16-17H,10-11,19H2,1-2H3. The molecule has 20 heavy (non-hydrogen) atoms. The van der Waals surface area contributed by atoms with E-state index in [0.717, 1.165) is 12.2 Å². The molecule has 0 spiro atoms. The highest BCUT2D eigenvalue weighted by molar-refractivity contribution is 5.41. The Balaban J connectivity index is 1.77. The van der Waals surface area contributed by atoms with Gasteiger partial charge in [-0.3, -0.25) is 0 Å². The van der Waals surface area contributed by atoms with Crippen LogP contribution in [0.1, 0.15) is 28.2 Å². The average molecular weight is 267 g/mol. The second kappa shape index (κ2) is 5.29. The van der Waals surface area contributed by atoms with Crippen LogP contribution in [0.4, 0.5) is 0 Å². The van der Waals surface area contributed by atoms with Crippen molar-refractivity contribution in [1.82, 2.24) is 0 Å². The summed E-state index contributed by atoms with van der Waals surface area (Å²) in [4.78, 5) is 0. The summed E-state index contributed by atoms with van der Waals surface area (Å²) in [6.07, 6.45) is 0.892. The Hall–Kier alpha value is -1.80. The number of rotatable bonds is 3. The fourth-order valence-electron chi connectivity index (χ4n) is 2.89. The van der Waals surface area contributed by atoms with E-state index in [1.54, 1.807) is 0 Å². The largest absolute Gasteiger partial charge is 0.493 e. The summed E-state index contributed by atoms with van der Waals surface area (Å²) in [7, 11) is 0. The van der Waals surface area contributed by atoms with Crippen molar-refractivity contribution in [2.75, 3.05) is 6.61 Å². The number of benzene rings is 2. The zero-order valence-corrected chi connectivity index (χ0v) is 12.1. The average Bonchev–Trinajstić information content (AvgIpc) is 2.87. The fourth-order valence-corrected chi connectivity index (χ4v) is 2.89. The molecule has 2 aromatic rings. The van der Waals surface area contributed by atoms with E-state index in [0.29, 0.717) is 12.5 Å². The Morgan fingerprint density at radius 3 is 2.75 bits per heavy atom. The smallest absolute Gasteiger partial charge is 0.122 e. The molecule has 1 aliphatic rings. The molecule has 2 aromatic carbocycles. The molecule has 0 saturated heterocycles. The van der Waals surface area contributed by atoms with Crippen LogP contribution < -0.4 is 10.5 Å². The molecule has 2 N–H and O–H groups in total. The van der Waals surface area contributed by atoms with E-state index in [-0.39, 0.29) is 6.04 Å². The second-order valence-corrected chi connectivity index (χ2v) is 5.74. The van der Waals surface area contributed by atoms with Gasteiger partial charge >= 0.3 is 0 Å². The van der Waals surface area contributed by atoms with Crippen LogP contribution in [0.25, 0.3) is 0 Å². The zero-order valence-electron chi connectivity index (χ0n) is 12.1. The number of hydrogen-bond acceptors (Lipinski definition) is 2. The van der Waals surface area contributed by atoms with Crippen molar-refractivity contribution < 1.29 is 4.74 Å².